The van der Waals surface area contributed by atoms with Crippen LogP contribution < -0.4 is 55.4 Å². The third-order valence-corrected chi connectivity index (χ3v) is 27.1. The molecule has 6 bridgehead atoms. The van der Waals surface area contributed by atoms with Gasteiger partial charge in [-0.25, -0.2) is 44.5 Å². The quantitative estimate of drug-likeness (QED) is 0.0238. The first kappa shape index (κ1) is 77.9. The van der Waals surface area contributed by atoms with Gasteiger partial charge in [0.05, 0.1) is 82.0 Å². The number of aromatic amines is 1. The van der Waals surface area contributed by atoms with Crippen LogP contribution in [0.2, 0.25) is 0 Å². The molecule has 8 aromatic rings. The molecule has 8 aromatic heterocycles. The molecule has 16 rings (SSSR count). The number of hydrogen-bond acceptors (Lipinski definition) is 42. The Morgan fingerprint density at radius 2 is 1.06 bits per heavy atom. The predicted octanol–water partition coefficient (Wildman–Crippen LogP) is -1.000. The van der Waals surface area contributed by atoms with Gasteiger partial charge in [0.2, 0.25) is 5.95 Å². The molecule has 8 aliphatic rings. The minimum Gasteiger partial charge on any atom is -0.780 e. The van der Waals surface area contributed by atoms with Gasteiger partial charge in [0.25, 0.3) is 5.56 Å². The van der Waals surface area contributed by atoms with E-state index in [2.05, 4.69) is 54.8 Å². The number of fused-ring (bicyclic) bond motifs is 9. The summed E-state index contributed by atoms with van der Waals surface area (Å²) < 4.78 is 123. The lowest BCUT2D eigenvalue weighted by molar-refractivity contribution is -0.239. The fraction of sp³-hybridized carbons (Fsp3) is 0.596. The zero-order chi connectivity index (χ0) is 78.0. The first-order valence-electron chi connectivity index (χ1n) is 33.9. The zero-order valence-corrected chi connectivity index (χ0v) is 65.1. The van der Waals surface area contributed by atoms with Crippen LogP contribution in [0.3, 0.4) is 0 Å². The Morgan fingerprint density at radius 1 is 0.582 bits per heavy atom. The SMILES string of the molecule is CC[C@H]1O[C@@H](n2cnc3c(N)ncnc32)CC1OP([O-])(=S)OC[C@H]1O[C@@H](n2cc(C)c(N)nc2=O)CC1OP(=O)([S-])OC[C@]12O[C@@H](n3cc(C)c(N)nc3=O)[C@@H](O[C@H]1C)C2OP([O-])(=S)OC[C@]12O[C@@H](n3cnc4c(N)ncnc43)[C@@H](O[C@H]1C)C2OP(O)(=S)OC[C@]12O[C@@H](n3cnc4c(=O)[nH]c(N)nc43)[C@@H](O[C@H]1C)C2O. The summed E-state index contributed by atoms with van der Waals surface area (Å²) >= 11 is 22.6. The van der Waals surface area contributed by atoms with Crippen molar-refractivity contribution >= 4 is 137 Å². The highest BCUT2D eigenvalue weighted by atomic mass is 32.7. The van der Waals surface area contributed by atoms with Gasteiger partial charge in [0.15, 0.2) is 59.6 Å². The zero-order valence-electron chi connectivity index (χ0n) is 58.3. The second-order valence-electron chi connectivity index (χ2n) is 27.4. The number of ether oxygens (including phenoxy) is 8. The van der Waals surface area contributed by atoms with E-state index < -0.39 is 198 Å². The standard InChI is InChI=1S/C57H73N21O24P4S4/c1-7-26-27(8-31(94-26)76-18-67-32-43(60)63-16-65-45(32)76)99-103(83,107)87-12-29-28(9-30(95-29)74-10-21(2)41(58)70-53(74)81)100-104(84,108)89-14-56-24(5)92-36(50(97-56)75-11-22(3)42(59)71-54(75)82)39(56)101-106(86,110)90-15-57-25(6)93-37(51(98-57)77-19-68-33-44(61)64-17-66-46(33)77)40(57)102-105(85,109)88-13-55-23(4)91-35(38(55)79)49(96-55)78-20-69-34-47(78)72-52(62)73-48(34)80/h10-11,16-20,23-31,35-40,49-51,79H,7-9,12-15H2,1-6H3,(H,83,107)(H,84,108)(H,85,109)(H,86,110)(H2,58,70,81)(H2,59,71,82)(H2,60,63,65)(H2,61,64,66)(H3,62,72,73,80)/p-3/t23-,24-,25-,26+,27?,28?,29+,30+,31+,35-,36-,37-,38?,39?,40?,49+,50+,51+,55-,56-,57-,103?,104?,105?,106?/m0/s1. The average Bonchev–Trinajstić information content (AvgIpc) is 1.56. The van der Waals surface area contributed by atoms with E-state index in [0.717, 1.165) is 9.13 Å². The largest absolute Gasteiger partial charge is 0.780 e. The maximum atomic E-state index is 15.4. The summed E-state index contributed by atoms with van der Waals surface area (Å²) in [5.74, 6) is -0.244. The van der Waals surface area contributed by atoms with Gasteiger partial charge >= 0.3 is 18.1 Å². The molecule has 8 aliphatic heterocycles. The number of H-pyrrole nitrogens is 1. The highest BCUT2D eigenvalue weighted by Crippen LogP contribution is 2.63. The molecule has 25 atom stereocenters. The molecule has 0 saturated carbocycles. The van der Waals surface area contributed by atoms with Crippen LogP contribution in [-0.2, 0) is 126 Å². The number of anilines is 5. The number of imidazole rings is 3. The first-order valence-corrected chi connectivity index (χ1v) is 44.1. The maximum Gasteiger partial charge on any atom is 0.351 e. The molecule has 8 saturated heterocycles. The lowest BCUT2D eigenvalue weighted by Gasteiger charge is -2.41. The summed E-state index contributed by atoms with van der Waals surface area (Å²) in [7, 11) is 0. The van der Waals surface area contributed by atoms with Gasteiger partial charge in [-0.1, -0.05) is 30.5 Å². The number of hydrogen-bond donors (Lipinski definition) is 8. The fourth-order valence-electron chi connectivity index (χ4n) is 15.2. The molecule has 0 radical (unpaired) electrons. The summed E-state index contributed by atoms with van der Waals surface area (Å²) in [5, 5.41) is 11.9. The predicted molar refractivity (Wildman–Crippen MR) is 386 cm³/mol. The highest BCUT2D eigenvalue weighted by Gasteiger charge is 2.71. The van der Waals surface area contributed by atoms with Crippen molar-refractivity contribution in [3.63, 3.8) is 0 Å². The molecule has 0 spiro atoms. The second kappa shape index (κ2) is 28.4. The minimum absolute atomic E-state index is 0.00835. The van der Waals surface area contributed by atoms with Crippen molar-refractivity contribution in [2.24, 2.45) is 0 Å². The number of aromatic nitrogens is 16. The summed E-state index contributed by atoms with van der Waals surface area (Å²) in [5.41, 5.74) is 23.6. The van der Waals surface area contributed by atoms with E-state index in [1.165, 1.54) is 60.1 Å². The molecule has 9 unspecified atom stereocenters. The van der Waals surface area contributed by atoms with Crippen molar-refractivity contribution < 1.29 is 98.4 Å². The van der Waals surface area contributed by atoms with E-state index in [1.807, 2.05) is 6.92 Å². The Bertz CT molecular complexity index is 5380. The molecule has 53 heteroatoms. The molecule has 8 fully saturated rings. The minimum atomic E-state index is -5.08. The van der Waals surface area contributed by atoms with E-state index in [0.29, 0.717) is 28.7 Å². The number of nitrogen functional groups attached to an aromatic ring is 5. The van der Waals surface area contributed by atoms with Gasteiger partial charge in [-0.3, -0.25) is 41.7 Å². The Balaban J connectivity index is 0.653. The van der Waals surface area contributed by atoms with Crippen LogP contribution in [0.4, 0.5) is 29.2 Å². The fourth-order valence-corrected chi connectivity index (χ4v) is 21.0. The number of nitrogens with one attached hydrogen (secondary N) is 1. The molecule has 13 N–H and O–H groups in total. The van der Waals surface area contributed by atoms with Crippen molar-refractivity contribution in [2.75, 3.05) is 55.1 Å². The van der Waals surface area contributed by atoms with Crippen molar-refractivity contribution in [1.29, 1.82) is 0 Å². The van der Waals surface area contributed by atoms with Gasteiger partial charge in [-0.05, 0) is 52.8 Å². The molecule has 16 heterocycles. The highest BCUT2D eigenvalue weighted by molar-refractivity contribution is 8.32. The number of aliphatic hydroxyl groups is 1. The third-order valence-electron chi connectivity index (χ3n) is 20.9. The number of rotatable bonds is 26. The molecule has 0 amide bonds. The van der Waals surface area contributed by atoms with Crippen LogP contribution in [0.1, 0.15) is 89.2 Å². The number of aliphatic hydroxyl groups excluding tert-OH is 1. The van der Waals surface area contributed by atoms with Crippen LogP contribution >= 0.6 is 27.0 Å². The average molecular weight is 1690 g/mol. The van der Waals surface area contributed by atoms with E-state index in [9.17, 15) is 29.3 Å². The third kappa shape index (κ3) is 13.5. The number of nitrogens with zero attached hydrogens (tertiary/aromatic N) is 15. The van der Waals surface area contributed by atoms with Crippen LogP contribution in [-0.4, -0.2) is 210 Å². The van der Waals surface area contributed by atoms with Gasteiger partial charge < -0.3 is 130 Å². The van der Waals surface area contributed by atoms with Crippen LogP contribution in [0.25, 0.3) is 33.5 Å². The molecule has 0 aliphatic carbocycles. The first-order chi connectivity index (χ1) is 52.0. The van der Waals surface area contributed by atoms with Gasteiger partial charge in [0, 0.05) is 36.4 Å². The Labute approximate surface area is 639 Å². The van der Waals surface area contributed by atoms with E-state index in [4.69, 9.17) is 150 Å². The summed E-state index contributed by atoms with van der Waals surface area (Å²) in [6.07, 6.45) is -12.5. The summed E-state index contributed by atoms with van der Waals surface area (Å²) in [6, 6.07) is 0. The van der Waals surface area contributed by atoms with Crippen LogP contribution in [0.5, 0.6) is 0 Å². The molecule has 0 aromatic carbocycles. The van der Waals surface area contributed by atoms with Crippen molar-refractivity contribution in [3.05, 3.63) is 86.5 Å². The molecule has 45 nitrogen and oxygen atoms in total. The van der Waals surface area contributed by atoms with Gasteiger partial charge in [-0.15, -0.1) is 0 Å². The van der Waals surface area contributed by atoms with Gasteiger partial charge in [-0.2, -0.15) is 15.0 Å². The van der Waals surface area contributed by atoms with E-state index in [1.54, 1.807) is 32.3 Å². The Hall–Kier alpha value is -6.06. The van der Waals surface area contributed by atoms with Crippen molar-refractivity contribution in [2.45, 2.75) is 188 Å². The van der Waals surface area contributed by atoms with Gasteiger partial charge in [0.1, 0.15) is 121 Å². The normalized spacial score (nSPS) is 35.3. The summed E-state index contributed by atoms with van der Waals surface area (Å²) in [4.78, 5) is 126. The Morgan fingerprint density at radius 3 is 1.70 bits per heavy atom. The monoisotopic (exact) mass is 1680 g/mol. The molecule has 110 heavy (non-hydrogen) atoms. The van der Waals surface area contributed by atoms with Crippen molar-refractivity contribution in [3.8, 4) is 0 Å². The Kier molecular flexibility index (Phi) is 20.1. The van der Waals surface area contributed by atoms with Crippen molar-refractivity contribution in [1.82, 2.24) is 77.7 Å². The maximum absolute atomic E-state index is 15.4. The molecular formula is C57H70N21O24P4S4-3. The summed E-state index contributed by atoms with van der Waals surface area (Å²) in [6.45, 7) is -12.7. The lowest BCUT2D eigenvalue weighted by Crippen LogP contribution is -2.52. The molecular weight excluding hydrogens is 1610 g/mol. The lowest BCUT2D eigenvalue weighted by atomic mass is 9.94. The second-order valence-corrected chi connectivity index (χ2v) is 38.3. The molecule has 594 valence electrons. The number of aryl methyl sites for hydroxylation is 2. The topological polar surface area (TPSA) is 602 Å². The smallest absolute Gasteiger partial charge is 0.351 e. The van der Waals surface area contributed by atoms with Crippen LogP contribution in [0.15, 0.2) is 58.4 Å². The van der Waals surface area contributed by atoms with E-state index >= 15 is 9.46 Å². The van der Waals surface area contributed by atoms with E-state index in [-0.39, 0.29) is 64.4 Å². The van der Waals surface area contributed by atoms with Crippen LogP contribution in [0, 0.1) is 13.8 Å². The number of nitrogens with two attached hydrogens (primary N) is 5.